The van der Waals surface area contributed by atoms with E-state index in [2.05, 4.69) is 10.3 Å². The number of phenolic OH excluding ortho intramolecular Hbond substituents is 1. The van der Waals surface area contributed by atoms with E-state index >= 15 is 0 Å². The van der Waals surface area contributed by atoms with Crippen LogP contribution in [0.5, 0.6) is 11.6 Å². The standard InChI is InChI=1S/C13H12N2O3/c1-18-12-7-6-9(8-14-12)13(17)15-10-4-2-3-5-11(10)16/h2-8,16H,1H3,(H,15,17). The van der Waals surface area contributed by atoms with Crippen molar-refractivity contribution in [3.8, 4) is 11.6 Å². The number of benzene rings is 1. The number of ether oxygens (including phenoxy) is 1. The fourth-order valence-corrected chi connectivity index (χ4v) is 1.41. The van der Waals surface area contributed by atoms with Crippen LogP contribution in [0, 0.1) is 0 Å². The maximum absolute atomic E-state index is 11.9. The summed E-state index contributed by atoms with van der Waals surface area (Å²) in [6.07, 6.45) is 1.41. The van der Waals surface area contributed by atoms with E-state index < -0.39 is 0 Å². The Kier molecular flexibility index (Phi) is 3.43. The number of nitrogens with zero attached hydrogens (tertiary/aromatic N) is 1. The number of para-hydroxylation sites is 2. The summed E-state index contributed by atoms with van der Waals surface area (Å²) in [7, 11) is 1.50. The molecule has 5 heteroatoms. The molecule has 0 saturated heterocycles. The zero-order valence-electron chi connectivity index (χ0n) is 9.75. The number of aromatic hydroxyl groups is 1. The maximum atomic E-state index is 11.9. The summed E-state index contributed by atoms with van der Waals surface area (Å²) >= 11 is 0. The molecule has 0 spiro atoms. The molecule has 1 amide bonds. The Bertz CT molecular complexity index is 552. The van der Waals surface area contributed by atoms with E-state index in [0.29, 0.717) is 17.1 Å². The van der Waals surface area contributed by atoms with Crippen molar-refractivity contribution in [2.45, 2.75) is 0 Å². The van der Waals surface area contributed by atoms with Crippen LogP contribution in [-0.2, 0) is 0 Å². The van der Waals surface area contributed by atoms with Crippen molar-refractivity contribution in [2.24, 2.45) is 0 Å². The second kappa shape index (κ2) is 5.18. The topological polar surface area (TPSA) is 71.5 Å². The lowest BCUT2D eigenvalue weighted by molar-refractivity contribution is 0.102. The van der Waals surface area contributed by atoms with Gasteiger partial charge >= 0.3 is 0 Å². The van der Waals surface area contributed by atoms with Crippen molar-refractivity contribution in [1.82, 2.24) is 4.98 Å². The Morgan fingerprint density at radius 1 is 1.28 bits per heavy atom. The molecule has 0 radical (unpaired) electrons. The highest BCUT2D eigenvalue weighted by Crippen LogP contribution is 2.22. The fraction of sp³-hybridized carbons (Fsp3) is 0.0769. The van der Waals surface area contributed by atoms with Gasteiger partial charge in [-0.2, -0.15) is 0 Å². The highest BCUT2D eigenvalue weighted by atomic mass is 16.5. The van der Waals surface area contributed by atoms with Gasteiger partial charge in [0, 0.05) is 12.3 Å². The SMILES string of the molecule is COc1ccc(C(=O)Nc2ccccc2O)cn1. The van der Waals surface area contributed by atoms with Gasteiger partial charge in [-0.15, -0.1) is 0 Å². The van der Waals surface area contributed by atoms with Crippen molar-refractivity contribution in [1.29, 1.82) is 0 Å². The average molecular weight is 244 g/mol. The van der Waals surface area contributed by atoms with E-state index in [9.17, 15) is 9.90 Å². The molecule has 1 heterocycles. The van der Waals surface area contributed by atoms with Crippen molar-refractivity contribution >= 4 is 11.6 Å². The Morgan fingerprint density at radius 2 is 2.06 bits per heavy atom. The first kappa shape index (κ1) is 11.9. The summed E-state index contributed by atoms with van der Waals surface area (Å²) in [6, 6.07) is 9.72. The molecule has 0 bridgehead atoms. The van der Waals surface area contributed by atoms with Crippen LogP contribution in [-0.4, -0.2) is 23.1 Å². The summed E-state index contributed by atoms with van der Waals surface area (Å²) in [5.41, 5.74) is 0.748. The first-order chi connectivity index (χ1) is 8.70. The molecule has 2 rings (SSSR count). The smallest absolute Gasteiger partial charge is 0.257 e. The minimum absolute atomic E-state index is 0.0207. The lowest BCUT2D eigenvalue weighted by Gasteiger charge is -2.07. The first-order valence-electron chi connectivity index (χ1n) is 5.30. The number of carbonyl (C=O) groups excluding carboxylic acids is 1. The lowest BCUT2D eigenvalue weighted by atomic mass is 10.2. The van der Waals surface area contributed by atoms with Crippen molar-refractivity contribution in [3.05, 3.63) is 48.2 Å². The molecule has 0 fully saturated rings. The Balaban J connectivity index is 2.14. The second-order valence-corrected chi connectivity index (χ2v) is 3.56. The van der Waals surface area contributed by atoms with Gasteiger partial charge in [-0.25, -0.2) is 4.98 Å². The Hall–Kier alpha value is -2.56. The molecule has 1 aromatic carbocycles. The summed E-state index contributed by atoms with van der Waals surface area (Å²) in [5.74, 6) is 0.119. The third-order valence-electron chi connectivity index (χ3n) is 2.36. The van der Waals surface area contributed by atoms with Gasteiger partial charge in [0.05, 0.1) is 18.4 Å². The summed E-state index contributed by atoms with van der Waals surface area (Å²) in [5, 5.41) is 12.1. The second-order valence-electron chi connectivity index (χ2n) is 3.56. The van der Waals surface area contributed by atoms with Gasteiger partial charge in [0.15, 0.2) is 0 Å². The quantitative estimate of drug-likeness (QED) is 0.810. The number of carbonyl (C=O) groups is 1. The average Bonchev–Trinajstić information content (AvgIpc) is 2.41. The molecular weight excluding hydrogens is 232 g/mol. The minimum atomic E-state index is -0.341. The predicted octanol–water partition coefficient (Wildman–Crippen LogP) is 2.05. The number of methoxy groups -OCH3 is 1. The van der Waals surface area contributed by atoms with Gasteiger partial charge in [-0.3, -0.25) is 4.79 Å². The summed E-state index contributed by atoms with van der Waals surface area (Å²) in [4.78, 5) is 15.8. The number of rotatable bonds is 3. The van der Waals surface area contributed by atoms with Crippen molar-refractivity contribution in [2.75, 3.05) is 12.4 Å². The number of anilines is 1. The van der Waals surface area contributed by atoms with Crippen LogP contribution in [0.4, 0.5) is 5.69 Å². The summed E-state index contributed by atoms with van der Waals surface area (Å²) < 4.78 is 4.90. The largest absolute Gasteiger partial charge is 0.506 e. The van der Waals surface area contributed by atoms with Gasteiger partial charge in [-0.05, 0) is 18.2 Å². The molecule has 5 nitrogen and oxygen atoms in total. The number of nitrogens with one attached hydrogen (secondary N) is 1. The highest BCUT2D eigenvalue weighted by Gasteiger charge is 2.08. The van der Waals surface area contributed by atoms with Crippen LogP contribution < -0.4 is 10.1 Å². The fourth-order valence-electron chi connectivity index (χ4n) is 1.41. The number of phenols is 1. The third kappa shape index (κ3) is 2.57. The van der Waals surface area contributed by atoms with Crippen LogP contribution in [0.15, 0.2) is 42.6 Å². The number of aromatic nitrogens is 1. The number of hydrogen-bond acceptors (Lipinski definition) is 4. The molecule has 1 aromatic heterocycles. The number of pyridine rings is 1. The van der Waals surface area contributed by atoms with Gasteiger partial charge in [0.2, 0.25) is 5.88 Å². The molecule has 0 atom stereocenters. The van der Waals surface area contributed by atoms with E-state index in [-0.39, 0.29) is 11.7 Å². The first-order valence-corrected chi connectivity index (χ1v) is 5.30. The van der Waals surface area contributed by atoms with Gasteiger partial charge in [0.1, 0.15) is 5.75 Å². The van der Waals surface area contributed by atoms with Crippen LogP contribution in [0.25, 0.3) is 0 Å². The predicted molar refractivity (Wildman–Crippen MR) is 66.8 cm³/mol. The van der Waals surface area contributed by atoms with E-state index in [0.717, 1.165) is 0 Å². The van der Waals surface area contributed by atoms with Crippen LogP contribution in [0.3, 0.4) is 0 Å². The molecule has 0 aliphatic rings. The molecule has 18 heavy (non-hydrogen) atoms. The molecule has 0 saturated carbocycles. The third-order valence-corrected chi connectivity index (χ3v) is 2.36. The van der Waals surface area contributed by atoms with Crippen molar-refractivity contribution in [3.63, 3.8) is 0 Å². The number of amides is 1. The highest BCUT2D eigenvalue weighted by molar-refractivity contribution is 6.04. The van der Waals surface area contributed by atoms with Crippen LogP contribution in [0.1, 0.15) is 10.4 Å². The molecule has 0 unspecified atom stereocenters. The van der Waals surface area contributed by atoms with Gasteiger partial charge < -0.3 is 15.2 Å². The zero-order valence-corrected chi connectivity index (χ0v) is 9.75. The van der Waals surface area contributed by atoms with Crippen molar-refractivity contribution < 1.29 is 14.6 Å². The van der Waals surface area contributed by atoms with Crippen LogP contribution >= 0.6 is 0 Å². The van der Waals surface area contributed by atoms with Gasteiger partial charge in [0.25, 0.3) is 5.91 Å². The Labute approximate surface area is 104 Å². The molecule has 2 N–H and O–H groups in total. The van der Waals surface area contributed by atoms with E-state index in [4.69, 9.17) is 4.74 Å². The van der Waals surface area contributed by atoms with E-state index in [1.165, 1.54) is 19.4 Å². The normalized spacial score (nSPS) is 9.83. The van der Waals surface area contributed by atoms with E-state index in [1.807, 2.05) is 0 Å². The maximum Gasteiger partial charge on any atom is 0.257 e. The molecule has 0 aliphatic carbocycles. The molecule has 0 aliphatic heterocycles. The zero-order chi connectivity index (χ0) is 13.0. The molecular formula is C13H12N2O3. The lowest BCUT2D eigenvalue weighted by Crippen LogP contribution is -2.12. The number of hydrogen-bond donors (Lipinski definition) is 2. The minimum Gasteiger partial charge on any atom is -0.506 e. The van der Waals surface area contributed by atoms with E-state index in [1.54, 1.807) is 30.3 Å². The Morgan fingerprint density at radius 3 is 2.67 bits per heavy atom. The monoisotopic (exact) mass is 244 g/mol. The molecule has 92 valence electrons. The molecule has 2 aromatic rings. The summed E-state index contributed by atoms with van der Waals surface area (Å²) in [6.45, 7) is 0. The van der Waals surface area contributed by atoms with Gasteiger partial charge in [-0.1, -0.05) is 12.1 Å². The van der Waals surface area contributed by atoms with Crippen LogP contribution in [0.2, 0.25) is 0 Å².